The Hall–Kier alpha value is -1.63. The SMILES string of the molecule is CC(C)Oc1ccccc1NC(=O)CNCCN1CCOCC1. The zero-order valence-corrected chi connectivity index (χ0v) is 14.0. The Bertz CT molecular complexity index is 488. The first-order valence-corrected chi connectivity index (χ1v) is 8.21. The summed E-state index contributed by atoms with van der Waals surface area (Å²) in [6.45, 7) is 9.47. The van der Waals surface area contributed by atoms with Gasteiger partial charge in [0.1, 0.15) is 5.75 Å². The highest BCUT2D eigenvalue weighted by Gasteiger charge is 2.11. The summed E-state index contributed by atoms with van der Waals surface area (Å²) in [6.07, 6.45) is 0.0692. The average molecular weight is 321 g/mol. The Morgan fingerprint density at radius 1 is 1.30 bits per heavy atom. The lowest BCUT2D eigenvalue weighted by Crippen LogP contribution is -2.41. The molecule has 0 bridgehead atoms. The van der Waals surface area contributed by atoms with E-state index < -0.39 is 0 Å². The van der Waals surface area contributed by atoms with Crippen LogP contribution in [-0.2, 0) is 9.53 Å². The van der Waals surface area contributed by atoms with Gasteiger partial charge in [-0.3, -0.25) is 9.69 Å². The van der Waals surface area contributed by atoms with E-state index in [1.54, 1.807) is 0 Å². The van der Waals surface area contributed by atoms with E-state index in [4.69, 9.17) is 9.47 Å². The molecular formula is C17H27N3O3. The molecule has 0 radical (unpaired) electrons. The van der Waals surface area contributed by atoms with Crippen molar-refractivity contribution in [2.24, 2.45) is 0 Å². The van der Waals surface area contributed by atoms with Crippen LogP contribution in [-0.4, -0.2) is 62.8 Å². The molecule has 23 heavy (non-hydrogen) atoms. The predicted molar refractivity (Wildman–Crippen MR) is 91.0 cm³/mol. The van der Waals surface area contributed by atoms with Crippen LogP contribution >= 0.6 is 0 Å². The average Bonchev–Trinajstić information content (AvgIpc) is 2.54. The van der Waals surface area contributed by atoms with E-state index in [9.17, 15) is 4.79 Å². The monoisotopic (exact) mass is 321 g/mol. The van der Waals surface area contributed by atoms with Gasteiger partial charge in [-0.15, -0.1) is 0 Å². The molecule has 1 aromatic carbocycles. The maximum Gasteiger partial charge on any atom is 0.238 e. The lowest BCUT2D eigenvalue weighted by molar-refractivity contribution is -0.115. The van der Waals surface area contributed by atoms with E-state index in [0.29, 0.717) is 18.0 Å². The highest BCUT2D eigenvalue weighted by atomic mass is 16.5. The third kappa shape index (κ3) is 6.56. The molecule has 128 valence electrons. The van der Waals surface area contributed by atoms with Crippen molar-refractivity contribution in [3.8, 4) is 5.75 Å². The third-order valence-electron chi connectivity index (χ3n) is 3.52. The highest BCUT2D eigenvalue weighted by molar-refractivity contribution is 5.93. The van der Waals surface area contributed by atoms with Crippen LogP contribution in [0.15, 0.2) is 24.3 Å². The van der Waals surface area contributed by atoms with Gasteiger partial charge in [0.25, 0.3) is 0 Å². The second kappa shape index (κ2) is 9.50. The summed E-state index contributed by atoms with van der Waals surface area (Å²) in [7, 11) is 0. The number of anilines is 1. The van der Waals surface area contributed by atoms with Crippen LogP contribution in [0.5, 0.6) is 5.75 Å². The largest absolute Gasteiger partial charge is 0.489 e. The molecule has 6 nitrogen and oxygen atoms in total. The molecule has 0 aromatic heterocycles. The Morgan fingerprint density at radius 2 is 2.04 bits per heavy atom. The Balaban J connectivity index is 1.70. The third-order valence-corrected chi connectivity index (χ3v) is 3.52. The van der Waals surface area contributed by atoms with Crippen molar-refractivity contribution in [1.29, 1.82) is 0 Å². The molecule has 1 aromatic rings. The molecule has 1 heterocycles. The van der Waals surface area contributed by atoms with Crippen LogP contribution in [0.3, 0.4) is 0 Å². The van der Waals surface area contributed by atoms with Gasteiger partial charge in [-0.25, -0.2) is 0 Å². The molecule has 0 saturated carbocycles. The molecule has 0 atom stereocenters. The van der Waals surface area contributed by atoms with Crippen molar-refractivity contribution < 1.29 is 14.3 Å². The lowest BCUT2D eigenvalue weighted by atomic mass is 10.3. The normalized spacial score (nSPS) is 15.6. The van der Waals surface area contributed by atoms with E-state index in [1.807, 2.05) is 38.1 Å². The van der Waals surface area contributed by atoms with Crippen LogP contribution in [0.4, 0.5) is 5.69 Å². The number of morpholine rings is 1. The molecule has 0 spiro atoms. The second-order valence-electron chi connectivity index (χ2n) is 5.84. The smallest absolute Gasteiger partial charge is 0.238 e. The number of carbonyl (C=O) groups excluding carboxylic acids is 1. The zero-order chi connectivity index (χ0) is 16.5. The van der Waals surface area contributed by atoms with Crippen molar-refractivity contribution in [3.05, 3.63) is 24.3 Å². The summed E-state index contributed by atoms with van der Waals surface area (Å²) in [4.78, 5) is 14.4. The number of rotatable bonds is 8. The molecule has 1 fully saturated rings. The first-order valence-electron chi connectivity index (χ1n) is 8.21. The van der Waals surface area contributed by atoms with Crippen LogP contribution in [0, 0.1) is 0 Å². The first-order chi connectivity index (χ1) is 11.1. The first kappa shape index (κ1) is 17.7. The molecule has 2 N–H and O–H groups in total. The molecule has 1 amide bonds. The fourth-order valence-corrected chi connectivity index (χ4v) is 2.38. The van der Waals surface area contributed by atoms with Gasteiger partial charge in [0, 0.05) is 26.2 Å². The van der Waals surface area contributed by atoms with Gasteiger partial charge in [-0.05, 0) is 26.0 Å². The molecule has 0 aliphatic carbocycles. The topological polar surface area (TPSA) is 62.8 Å². The van der Waals surface area contributed by atoms with Crippen LogP contribution in [0.25, 0.3) is 0 Å². The van der Waals surface area contributed by atoms with Gasteiger partial charge in [-0.1, -0.05) is 12.1 Å². The van der Waals surface area contributed by atoms with Crippen LogP contribution in [0.2, 0.25) is 0 Å². The van der Waals surface area contributed by atoms with Crippen molar-refractivity contribution in [2.75, 3.05) is 51.3 Å². The maximum atomic E-state index is 12.0. The molecule has 0 unspecified atom stereocenters. The fourth-order valence-electron chi connectivity index (χ4n) is 2.38. The predicted octanol–water partition coefficient (Wildman–Crippen LogP) is 1.33. The number of para-hydroxylation sites is 2. The van der Waals surface area contributed by atoms with Crippen molar-refractivity contribution in [3.63, 3.8) is 0 Å². The van der Waals surface area contributed by atoms with Gasteiger partial charge in [0.15, 0.2) is 0 Å². The number of nitrogens with one attached hydrogen (secondary N) is 2. The van der Waals surface area contributed by atoms with E-state index in [1.165, 1.54) is 0 Å². The summed E-state index contributed by atoms with van der Waals surface area (Å²) in [5.41, 5.74) is 0.709. The minimum atomic E-state index is -0.0632. The zero-order valence-electron chi connectivity index (χ0n) is 14.0. The summed E-state index contributed by atoms with van der Waals surface area (Å²) in [6, 6.07) is 7.49. The summed E-state index contributed by atoms with van der Waals surface area (Å²) in [5.74, 6) is 0.635. The van der Waals surface area contributed by atoms with Crippen molar-refractivity contribution in [2.45, 2.75) is 20.0 Å². The van der Waals surface area contributed by atoms with Gasteiger partial charge >= 0.3 is 0 Å². The number of nitrogens with zero attached hydrogens (tertiary/aromatic N) is 1. The number of carbonyl (C=O) groups is 1. The van der Waals surface area contributed by atoms with Gasteiger partial charge in [0.05, 0.1) is 31.5 Å². The number of hydrogen-bond acceptors (Lipinski definition) is 5. The number of hydrogen-bond donors (Lipinski definition) is 2. The summed E-state index contributed by atoms with van der Waals surface area (Å²) >= 11 is 0. The van der Waals surface area contributed by atoms with E-state index in [0.717, 1.165) is 39.4 Å². The number of amides is 1. The van der Waals surface area contributed by atoms with E-state index >= 15 is 0 Å². The molecule has 1 aliphatic rings. The standard InChI is InChI=1S/C17H27N3O3/c1-14(2)23-16-6-4-3-5-15(16)19-17(21)13-18-7-8-20-9-11-22-12-10-20/h3-6,14,18H,7-13H2,1-2H3,(H,19,21). The molecule has 1 saturated heterocycles. The van der Waals surface area contributed by atoms with E-state index in [2.05, 4.69) is 15.5 Å². The minimum absolute atomic E-state index is 0.0632. The Labute approximate surface area is 138 Å². The summed E-state index contributed by atoms with van der Waals surface area (Å²) in [5, 5.41) is 6.07. The van der Waals surface area contributed by atoms with Crippen LogP contribution in [0.1, 0.15) is 13.8 Å². The van der Waals surface area contributed by atoms with Crippen molar-refractivity contribution in [1.82, 2.24) is 10.2 Å². The lowest BCUT2D eigenvalue weighted by Gasteiger charge is -2.26. The van der Waals surface area contributed by atoms with E-state index in [-0.39, 0.29) is 12.0 Å². The minimum Gasteiger partial charge on any atom is -0.489 e. The van der Waals surface area contributed by atoms with Gasteiger partial charge < -0.3 is 20.1 Å². The maximum absolute atomic E-state index is 12.0. The number of benzene rings is 1. The fraction of sp³-hybridized carbons (Fsp3) is 0.588. The summed E-state index contributed by atoms with van der Waals surface area (Å²) < 4.78 is 11.0. The van der Waals surface area contributed by atoms with Gasteiger partial charge in [0.2, 0.25) is 5.91 Å². The van der Waals surface area contributed by atoms with Crippen LogP contribution < -0.4 is 15.4 Å². The second-order valence-corrected chi connectivity index (χ2v) is 5.84. The molecule has 6 heteroatoms. The Kier molecular flexibility index (Phi) is 7.32. The van der Waals surface area contributed by atoms with Crippen molar-refractivity contribution >= 4 is 11.6 Å². The quantitative estimate of drug-likeness (QED) is 0.708. The molecule has 2 rings (SSSR count). The Morgan fingerprint density at radius 3 is 2.78 bits per heavy atom. The molecule has 1 aliphatic heterocycles. The number of ether oxygens (including phenoxy) is 2. The highest BCUT2D eigenvalue weighted by Crippen LogP contribution is 2.24. The van der Waals surface area contributed by atoms with Gasteiger partial charge in [-0.2, -0.15) is 0 Å². The molecular weight excluding hydrogens is 294 g/mol.